The zero-order chi connectivity index (χ0) is 19.3. The van der Waals surface area contributed by atoms with E-state index in [4.69, 9.17) is 0 Å². The van der Waals surface area contributed by atoms with Crippen molar-refractivity contribution in [3.8, 4) is 0 Å². The highest BCUT2D eigenvalue weighted by Crippen LogP contribution is 2.32. The molecule has 1 amide bonds. The second-order valence-electron chi connectivity index (χ2n) is 7.42. The standard InChI is InChI=1S/C21H26FN5O/c22-18-5-1-4-17(16-18)19-6-2-10-25(19)11-7-20(28)26-12-14-27(15-13-26)21-23-8-3-9-24-21/h1,3-5,8-9,16,19H,2,6-7,10-15H2. The van der Waals surface area contributed by atoms with Crippen molar-refractivity contribution in [1.29, 1.82) is 0 Å². The number of aromatic nitrogens is 2. The van der Waals surface area contributed by atoms with E-state index in [-0.39, 0.29) is 17.8 Å². The van der Waals surface area contributed by atoms with E-state index in [1.165, 1.54) is 6.07 Å². The third kappa shape index (κ3) is 4.30. The van der Waals surface area contributed by atoms with Crippen LogP contribution in [-0.4, -0.2) is 64.9 Å². The molecule has 4 rings (SSSR count). The van der Waals surface area contributed by atoms with Crippen molar-refractivity contribution in [3.63, 3.8) is 0 Å². The van der Waals surface area contributed by atoms with Gasteiger partial charge in [-0.05, 0) is 43.1 Å². The fourth-order valence-electron chi connectivity index (χ4n) is 4.19. The number of hydrogen-bond donors (Lipinski definition) is 0. The van der Waals surface area contributed by atoms with Gasteiger partial charge in [0, 0.05) is 57.6 Å². The molecule has 0 N–H and O–H groups in total. The van der Waals surface area contributed by atoms with E-state index < -0.39 is 0 Å². The molecule has 2 aliphatic heterocycles. The van der Waals surface area contributed by atoms with Crippen LogP contribution in [0.3, 0.4) is 0 Å². The van der Waals surface area contributed by atoms with Crippen LogP contribution >= 0.6 is 0 Å². The Labute approximate surface area is 165 Å². The van der Waals surface area contributed by atoms with Gasteiger partial charge in [0.25, 0.3) is 0 Å². The van der Waals surface area contributed by atoms with Crippen LogP contribution in [0.1, 0.15) is 30.9 Å². The minimum Gasteiger partial charge on any atom is -0.339 e. The van der Waals surface area contributed by atoms with Crippen molar-refractivity contribution in [2.75, 3.05) is 44.2 Å². The number of hydrogen-bond acceptors (Lipinski definition) is 5. The number of rotatable bonds is 5. The SMILES string of the molecule is O=C(CCN1CCCC1c1cccc(F)c1)N1CCN(c2ncccn2)CC1. The number of likely N-dealkylation sites (tertiary alicyclic amines) is 1. The van der Waals surface area contributed by atoms with Gasteiger partial charge in [0.2, 0.25) is 11.9 Å². The van der Waals surface area contributed by atoms with Gasteiger partial charge in [-0.1, -0.05) is 12.1 Å². The molecule has 2 fully saturated rings. The number of benzene rings is 1. The molecule has 2 saturated heterocycles. The lowest BCUT2D eigenvalue weighted by Gasteiger charge is -2.35. The zero-order valence-electron chi connectivity index (χ0n) is 16.0. The predicted octanol–water partition coefficient (Wildman–Crippen LogP) is 2.49. The number of amides is 1. The number of carbonyl (C=O) groups is 1. The maximum Gasteiger partial charge on any atom is 0.225 e. The lowest BCUT2D eigenvalue weighted by atomic mass is 10.0. The summed E-state index contributed by atoms with van der Waals surface area (Å²) >= 11 is 0. The number of piperazine rings is 1. The summed E-state index contributed by atoms with van der Waals surface area (Å²) in [6.45, 7) is 4.60. The molecule has 7 heteroatoms. The first-order chi connectivity index (χ1) is 13.7. The van der Waals surface area contributed by atoms with E-state index >= 15 is 0 Å². The van der Waals surface area contributed by atoms with Gasteiger partial charge < -0.3 is 9.80 Å². The molecule has 0 saturated carbocycles. The smallest absolute Gasteiger partial charge is 0.225 e. The lowest BCUT2D eigenvalue weighted by molar-refractivity contribution is -0.131. The van der Waals surface area contributed by atoms with Crippen LogP contribution < -0.4 is 4.90 Å². The first-order valence-electron chi connectivity index (χ1n) is 10.00. The van der Waals surface area contributed by atoms with Gasteiger partial charge in [-0.25, -0.2) is 14.4 Å². The Hall–Kier alpha value is -2.54. The van der Waals surface area contributed by atoms with Crippen LogP contribution in [0.2, 0.25) is 0 Å². The molecule has 1 atom stereocenters. The molecule has 0 bridgehead atoms. The van der Waals surface area contributed by atoms with Gasteiger partial charge in [0.1, 0.15) is 5.82 Å². The zero-order valence-corrected chi connectivity index (χ0v) is 16.0. The van der Waals surface area contributed by atoms with E-state index in [0.29, 0.717) is 19.5 Å². The maximum absolute atomic E-state index is 13.6. The fourth-order valence-corrected chi connectivity index (χ4v) is 4.19. The van der Waals surface area contributed by atoms with E-state index in [9.17, 15) is 9.18 Å². The van der Waals surface area contributed by atoms with Crippen molar-refractivity contribution in [1.82, 2.24) is 19.8 Å². The summed E-state index contributed by atoms with van der Waals surface area (Å²) in [5, 5.41) is 0. The van der Waals surface area contributed by atoms with Gasteiger partial charge in [-0.3, -0.25) is 9.69 Å². The quantitative estimate of drug-likeness (QED) is 0.794. The molecule has 28 heavy (non-hydrogen) atoms. The third-order valence-electron chi connectivity index (χ3n) is 5.68. The molecule has 148 valence electrons. The number of carbonyl (C=O) groups excluding carboxylic acids is 1. The van der Waals surface area contributed by atoms with Crippen LogP contribution in [0.15, 0.2) is 42.7 Å². The summed E-state index contributed by atoms with van der Waals surface area (Å²) in [6, 6.07) is 8.87. The van der Waals surface area contributed by atoms with Gasteiger partial charge in [0.05, 0.1) is 0 Å². The molecule has 6 nitrogen and oxygen atoms in total. The van der Waals surface area contributed by atoms with Crippen LogP contribution in [0, 0.1) is 5.82 Å². The molecule has 0 spiro atoms. The Morgan fingerprint density at radius 1 is 1.07 bits per heavy atom. The van der Waals surface area contributed by atoms with E-state index in [1.807, 2.05) is 11.0 Å². The molecule has 1 aromatic carbocycles. The monoisotopic (exact) mass is 383 g/mol. The predicted molar refractivity (Wildman–Crippen MR) is 105 cm³/mol. The molecule has 2 aliphatic rings. The molecule has 0 radical (unpaired) electrons. The first-order valence-corrected chi connectivity index (χ1v) is 10.00. The summed E-state index contributed by atoms with van der Waals surface area (Å²) in [6.07, 6.45) is 6.10. The Balaban J connectivity index is 1.27. The van der Waals surface area contributed by atoms with Crippen molar-refractivity contribution in [3.05, 3.63) is 54.1 Å². The van der Waals surface area contributed by atoms with E-state index in [0.717, 1.165) is 50.5 Å². The van der Waals surface area contributed by atoms with Crippen LogP contribution in [0.25, 0.3) is 0 Å². The van der Waals surface area contributed by atoms with Crippen LogP contribution in [0.5, 0.6) is 0 Å². The Kier molecular flexibility index (Phi) is 5.81. The van der Waals surface area contributed by atoms with Gasteiger partial charge in [-0.2, -0.15) is 0 Å². The van der Waals surface area contributed by atoms with Crippen molar-refractivity contribution in [2.24, 2.45) is 0 Å². The first kappa shape index (κ1) is 18.8. The average molecular weight is 383 g/mol. The van der Waals surface area contributed by atoms with Crippen molar-refractivity contribution < 1.29 is 9.18 Å². The largest absolute Gasteiger partial charge is 0.339 e. The molecule has 3 heterocycles. The molecular formula is C21H26FN5O. The van der Waals surface area contributed by atoms with E-state index in [1.54, 1.807) is 30.6 Å². The summed E-state index contributed by atoms with van der Waals surface area (Å²) in [5.41, 5.74) is 1.02. The summed E-state index contributed by atoms with van der Waals surface area (Å²) in [4.78, 5) is 27.6. The summed E-state index contributed by atoms with van der Waals surface area (Å²) in [7, 11) is 0. The second-order valence-corrected chi connectivity index (χ2v) is 7.42. The minimum absolute atomic E-state index is 0.193. The minimum atomic E-state index is -0.194. The van der Waals surface area contributed by atoms with Gasteiger partial charge >= 0.3 is 0 Å². The van der Waals surface area contributed by atoms with Crippen LogP contribution in [-0.2, 0) is 4.79 Å². The average Bonchev–Trinajstić information content (AvgIpc) is 3.21. The highest BCUT2D eigenvalue weighted by Gasteiger charge is 2.28. The molecule has 2 aromatic rings. The Bertz CT molecular complexity index is 794. The van der Waals surface area contributed by atoms with Crippen LogP contribution in [0.4, 0.5) is 10.3 Å². The molecule has 0 aliphatic carbocycles. The van der Waals surface area contributed by atoms with E-state index in [2.05, 4.69) is 19.8 Å². The highest BCUT2D eigenvalue weighted by molar-refractivity contribution is 5.76. The molecule has 1 aromatic heterocycles. The number of halogens is 1. The van der Waals surface area contributed by atoms with Gasteiger partial charge in [-0.15, -0.1) is 0 Å². The van der Waals surface area contributed by atoms with Crippen molar-refractivity contribution >= 4 is 11.9 Å². The lowest BCUT2D eigenvalue weighted by Crippen LogP contribution is -2.49. The van der Waals surface area contributed by atoms with Gasteiger partial charge in [0.15, 0.2) is 0 Å². The topological polar surface area (TPSA) is 52.6 Å². The van der Waals surface area contributed by atoms with Crippen molar-refractivity contribution in [2.45, 2.75) is 25.3 Å². The Morgan fingerprint density at radius 2 is 1.86 bits per heavy atom. The number of nitrogens with zero attached hydrogens (tertiary/aromatic N) is 5. The maximum atomic E-state index is 13.6. The fraction of sp³-hybridized carbons (Fsp3) is 0.476. The second kappa shape index (κ2) is 8.65. The molecule has 1 unspecified atom stereocenters. The normalized spacial score (nSPS) is 20.5. The highest BCUT2D eigenvalue weighted by atomic mass is 19.1. The number of anilines is 1. The third-order valence-corrected chi connectivity index (χ3v) is 5.68. The summed E-state index contributed by atoms with van der Waals surface area (Å²) < 4.78 is 13.6. The Morgan fingerprint density at radius 3 is 2.61 bits per heavy atom. The summed E-state index contributed by atoms with van der Waals surface area (Å²) in [5.74, 6) is 0.726. The molecular weight excluding hydrogens is 357 g/mol.